The fraction of sp³-hybridized carbons (Fsp3) is 0.500. The summed E-state index contributed by atoms with van der Waals surface area (Å²) in [6.07, 6.45) is 2.98. The van der Waals surface area contributed by atoms with E-state index in [0.29, 0.717) is 37.3 Å². The van der Waals surface area contributed by atoms with Gasteiger partial charge in [-0.2, -0.15) is 0 Å². The van der Waals surface area contributed by atoms with Gasteiger partial charge in [-0.15, -0.1) is 0 Å². The Morgan fingerprint density at radius 3 is 2.79 bits per heavy atom. The van der Waals surface area contributed by atoms with Crippen molar-refractivity contribution in [2.45, 2.75) is 45.1 Å². The van der Waals surface area contributed by atoms with Crippen molar-refractivity contribution in [1.82, 2.24) is 4.90 Å². The molecular weight excluding hydrogens is 310 g/mol. The molecule has 0 spiro atoms. The van der Waals surface area contributed by atoms with Crippen LogP contribution >= 0.6 is 0 Å². The fourth-order valence-electron chi connectivity index (χ4n) is 2.85. The zero-order valence-corrected chi connectivity index (χ0v) is 13.9. The third-order valence-electron chi connectivity index (χ3n) is 4.15. The van der Waals surface area contributed by atoms with Gasteiger partial charge in [0.05, 0.1) is 6.61 Å². The molecule has 1 fully saturated rings. The highest BCUT2D eigenvalue weighted by molar-refractivity contribution is 5.94. The summed E-state index contributed by atoms with van der Waals surface area (Å²) in [4.78, 5) is 36.3. The third-order valence-corrected chi connectivity index (χ3v) is 4.15. The van der Waals surface area contributed by atoms with Crippen LogP contribution in [0.25, 0.3) is 0 Å². The number of rotatable bonds is 7. The number of aliphatic carboxylic acids is 1. The summed E-state index contributed by atoms with van der Waals surface area (Å²) in [5, 5.41) is 9.20. The lowest BCUT2D eigenvalue weighted by atomic mass is 10.0. The number of carboxylic acid groups (broad SMARTS) is 1. The topological polar surface area (TPSA) is 83.9 Å². The van der Waals surface area contributed by atoms with E-state index >= 15 is 0 Å². The Balaban J connectivity index is 1.79. The molecule has 1 unspecified atom stereocenters. The fourth-order valence-corrected chi connectivity index (χ4v) is 2.85. The van der Waals surface area contributed by atoms with Gasteiger partial charge in [0.15, 0.2) is 5.78 Å². The Labute approximate surface area is 141 Å². The van der Waals surface area contributed by atoms with Crippen LogP contribution in [0, 0.1) is 0 Å². The van der Waals surface area contributed by atoms with Crippen molar-refractivity contribution in [2.75, 3.05) is 13.2 Å². The molecule has 0 aromatic heterocycles. The van der Waals surface area contributed by atoms with E-state index in [1.165, 1.54) is 11.8 Å². The van der Waals surface area contributed by atoms with Crippen LogP contribution in [-0.4, -0.2) is 46.9 Å². The molecule has 1 aromatic carbocycles. The average molecular weight is 333 g/mol. The van der Waals surface area contributed by atoms with Crippen molar-refractivity contribution in [3.05, 3.63) is 29.8 Å². The molecule has 130 valence electrons. The minimum Gasteiger partial charge on any atom is -0.494 e. The lowest BCUT2D eigenvalue weighted by Gasteiger charge is -2.33. The van der Waals surface area contributed by atoms with E-state index in [-0.39, 0.29) is 18.1 Å². The van der Waals surface area contributed by atoms with E-state index in [9.17, 15) is 19.5 Å². The molecule has 0 aliphatic carbocycles. The number of benzene rings is 1. The zero-order valence-electron chi connectivity index (χ0n) is 13.9. The Hall–Kier alpha value is -2.37. The number of likely N-dealkylation sites (tertiary alicyclic amines) is 1. The van der Waals surface area contributed by atoms with E-state index < -0.39 is 12.0 Å². The summed E-state index contributed by atoms with van der Waals surface area (Å²) >= 11 is 0. The number of Topliss-reactive ketones (excluding diaryl/α,β-unsaturated/α-hetero) is 1. The van der Waals surface area contributed by atoms with Crippen molar-refractivity contribution in [2.24, 2.45) is 0 Å². The van der Waals surface area contributed by atoms with Crippen molar-refractivity contribution in [1.29, 1.82) is 0 Å². The number of hydrogen-bond acceptors (Lipinski definition) is 4. The van der Waals surface area contributed by atoms with Crippen LogP contribution in [-0.2, 0) is 9.59 Å². The van der Waals surface area contributed by atoms with Crippen molar-refractivity contribution in [3.8, 4) is 5.75 Å². The second-order valence-corrected chi connectivity index (χ2v) is 5.97. The number of carboxylic acids is 1. The van der Waals surface area contributed by atoms with Crippen LogP contribution in [0.1, 0.15) is 49.4 Å². The number of nitrogens with zero attached hydrogens (tertiary/aromatic N) is 1. The number of carbonyl (C=O) groups excluding carboxylic acids is 2. The summed E-state index contributed by atoms with van der Waals surface area (Å²) in [7, 11) is 0. The molecule has 1 atom stereocenters. The molecule has 0 bridgehead atoms. The molecule has 1 aliphatic rings. The van der Waals surface area contributed by atoms with Gasteiger partial charge in [0.1, 0.15) is 11.8 Å². The standard InChI is InChI=1S/C18H23NO5/c1-13(20)14-6-4-7-15(12-14)24-11-5-9-17(21)19-10-3-2-8-16(19)18(22)23/h4,6-7,12,16H,2-3,5,8-11H2,1H3,(H,22,23). The lowest BCUT2D eigenvalue weighted by molar-refractivity contribution is -0.152. The summed E-state index contributed by atoms with van der Waals surface area (Å²) in [5.41, 5.74) is 0.584. The average Bonchev–Trinajstić information content (AvgIpc) is 2.58. The highest BCUT2D eigenvalue weighted by atomic mass is 16.5. The van der Waals surface area contributed by atoms with E-state index in [4.69, 9.17) is 4.74 Å². The Morgan fingerprint density at radius 1 is 1.29 bits per heavy atom. The molecule has 6 nitrogen and oxygen atoms in total. The minimum atomic E-state index is -0.930. The number of carbonyl (C=O) groups is 3. The molecule has 1 N–H and O–H groups in total. The van der Waals surface area contributed by atoms with Crippen molar-refractivity contribution >= 4 is 17.7 Å². The molecule has 1 heterocycles. The number of piperidine rings is 1. The van der Waals surface area contributed by atoms with Gasteiger partial charge in [-0.25, -0.2) is 4.79 Å². The predicted octanol–water partition coefficient (Wildman–Crippen LogP) is 2.51. The maximum absolute atomic E-state index is 12.2. The van der Waals surface area contributed by atoms with E-state index in [0.717, 1.165) is 12.8 Å². The molecule has 1 aliphatic heterocycles. The molecule has 1 aromatic rings. The summed E-state index contributed by atoms with van der Waals surface area (Å²) in [6, 6.07) is 6.22. The molecule has 1 amide bonds. The first-order valence-corrected chi connectivity index (χ1v) is 8.25. The number of ketones is 1. The van der Waals surface area contributed by atoms with Crippen LogP contribution in [0.4, 0.5) is 0 Å². The SMILES string of the molecule is CC(=O)c1cccc(OCCCC(=O)N2CCCCC2C(=O)O)c1. The van der Waals surface area contributed by atoms with E-state index in [2.05, 4.69) is 0 Å². The molecule has 0 radical (unpaired) electrons. The van der Waals surface area contributed by atoms with Gasteiger partial charge in [-0.1, -0.05) is 12.1 Å². The van der Waals surface area contributed by atoms with Crippen molar-refractivity contribution in [3.63, 3.8) is 0 Å². The Kier molecular flexibility index (Phi) is 6.35. The highest BCUT2D eigenvalue weighted by Crippen LogP contribution is 2.19. The molecule has 6 heteroatoms. The number of hydrogen-bond donors (Lipinski definition) is 1. The molecular formula is C18H23NO5. The zero-order chi connectivity index (χ0) is 17.5. The van der Waals surface area contributed by atoms with Crippen molar-refractivity contribution < 1.29 is 24.2 Å². The third kappa shape index (κ3) is 4.81. The van der Waals surface area contributed by atoms with Gasteiger partial charge in [0.2, 0.25) is 5.91 Å². The summed E-state index contributed by atoms with van der Waals surface area (Å²) in [6.45, 7) is 2.35. The highest BCUT2D eigenvalue weighted by Gasteiger charge is 2.31. The predicted molar refractivity (Wildman–Crippen MR) is 88.2 cm³/mol. The second kappa shape index (κ2) is 8.47. The van der Waals surface area contributed by atoms with Crippen LogP contribution in [0.15, 0.2) is 24.3 Å². The van der Waals surface area contributed by atoms with Gasteiger partial charge >= 0.3 is 5.97 Å². The summed E-state index contributed by atoms with van der Waals surface area (Å²) in [5.74, 6) is -0.500. The van der Waals surface area contributed by atoms with Crippen LogP contribution in [0.2, 0.25) is 0 Å². The molecule has 2 rings (SSSR count). The second-order valence-electron chi connectivity index (χ2n) is 5.97. The maximum Gasteiger partial charge on any atom is 0.326 e. The first kappa shape index (κ1) is 18.0. The van der Waals surface area contributed by atoms with Crippen LogP contribution in [0.3, 0.4) is 0 Å². The molecule has 0 saturated carbocycles. The van der Waals surface area contributed by atoms with E-state index in [1.54, 1.807) is 24.3 Å². The van der Waals surface area contributed by atoms with Gasteiger partial charge in [0.25, 0.3) is 0 Å². The van der Waals surface area contributed by atoms with E-state index in [1.807, 2.05) is 0 Å². The molecule has 1 saturated heterocycles. The Morgan fingerprint density at radius 2 is 2.08 bits per heavy atom. The number of amides is 1. The monoisotopic (exact) mass is 333 g/mol. The normalized spacial score (nSPS) is 17.4. The van der Waals surface area contributed by atoms with Gasteiger partial charge in [-0.3, -0.25) is 9.59 Å². The Bertz CT molecular complexity index is 613. The smallest absolute Gasteiger partial charge is 0.326 e. The number of ether oxygens (including phenoxy) is 1. The quantitative estimate of drug-likeness (QED) is 0.612. The molecule has 24 heavy (non-hydrogen) atoms. The first-order valence-electron chi connectivity index (χ1n) is 8.25. The van der Waals surface area contributed by atoms with Gasteiger partial charge < -0.3 is 14.7 Å². The van der Waals surface area contributed by atoms with Crippen LogP contribution in [0.5, 0.6) is 5.75 Å². The summed E-state index contributed by atoms with van der Waals surface area (Å²) < 4.78 is 5.57. The maximum atomic E-state index is 12.2. The minimum absolute atomic E-state index is 0.0274. The van der Waals surface area contributed by atoms with Gasteiger partial charge in [0, 0.05) is 18.5 Å². The first-order chi connectivity index (χ1) is 11.5. The lowest BCUT2D eigenvalue weighted by Crippen LogP contribution is -2.47. The largest absolute Gasteiger partial charge is 0.494 e. The van der Waals surface area contributed by atoms with Gasteiger partial charge in [-0.05, 0) is 44.7 Å². The van der Waals surface area contributed by atoms with Crippen LogP contribution < -0.4 is 4.74 Å².